The lowest BCUT2D eigenvalue weighted by atomic mass is 10.1. The van der Waals surface area contributed by atoms with Crippen LogP contribution in [0.5, 0.6) is 5.75 Å². The van der Waals surface area contributed by atoms with Crippen molar-refractivity contribution < 1.29 is 18.8 Å². The predicted molar refractivity (Wildman–Crippen MR) is 120 cm³/mol. The molecule has 0 radical (unpaired) electrons. The minimum Gasteiger partial charge on any atom is -0.494 e. The highest BCUT2D eigenvalue weighted by Crippen LogP contribution is 2.29. The first-order valence-corrected chi connectivity index (χ1v) is 9.78. The van der Waals surface area contributed by atoms with E-state index in [9.17, 15) is 9.59 Å². The first-order valence-electron chi connectivity index (χ1n) is 9.78. The molecule has 4 rings (SSSR count). The van der Waals surface area contributed by atoms with Gasteiger partial charge in [-0.2, -0.15) is 0 Å². The number of nitrogens with zero attached hydrogens (tertiary/aromatic N) is 2. The lowest BCUT2D eigenvalue weighted by Gasteiger charge is -2.12. The monoisotopic (exact) mass is 428 g/mol. The van der Waals surface area contributed by atoms with Crippen LogP contribution in [0.1, 0.15) is 26.5 Å². The number of anilines is 2. The molecule has 8 nitrogen and oxygen atoms in total. The number of ether oxygens (including phenoxy) is 1. The van der Waals surface area contributed by atoms with Crippen molar-refractivity contribution in [2.75, 3.05) is 17.7 Å². The Morgan fingerprint density at radius 3 is 2.50 bits per heavy atom. The molecule has 160 valence electrons. The second-order valence-corrected chi connectivity index (χ2v) is 7.01. The van der Waals surface area contributed by atoms with E-state index in [0.717, 1.165) is 11.1 Å². The molecule has 32 heavy (non-hydrogen) atoms. The molecule has 2 amide bonds. The molecule has 2 heterocycles. The number of carbonyl (C=O) groups excluding carboxylic acids is 2. The van der Waals surface area contributed by atoms with Crippen molar-refractivity contribution in [1.29, 1.82) is 0 Å². The molecule has 0 saturated heterocycles. The van der Waals surface area contributed by atoms with Gasteiger partial charge in [0.1, 0.15) is 11.4 Å². The summed E-state index contributed by atoms with van der Waals surface area (Å²) < 4.78 is 10.6. The summed E-state index contributed by atoms with van der Waals surface area (Å²) in [4.78, 5) is 28.9. The Hall–Kier alpha value is -4.46. The van der Waals surface area contributed by atoms with Crippen molar-refractivity contribution in [3.8, 4) is 17.0 Å². The Kier molecular flexibility index (Phi) is 5.94. The molecule has 0 bridgehead atoms. The molecule has 0 fully saturated rings. The zero-order valence-corrected chi connectivity index (χ0v) is 17.5. The second kappa shape index (κ2) is 9.13. The van der Waals surface area contributed by atoms with E-state index in [2.05, 4.69) is 20.8 Å². The van der Waals surface area contributed by atoms with Gasteiger partial charge in [0, 0.05) is 35.8 Å². The average Bonchev–Trinajstić information content (AvgIpc) is 3.31. The SMILES string of the molecule is COc1cc(NC(=O)c2cc(-c3ccc(C)cc3)no2)ccc1NC(=O)c1cccnc1. The number of aryl methyl sites for hydroxylation is 1. The molecule has 2 aromatic heterocycles. The third kappa shape index (κ3) is 4.65. The number of amides is 2. The topological polar surface area (TPSA) is 106 Å². The van der Waals surface area contributed by atoms with Gasteiger partial charge >= 0.3 is 0 Å². The van der Waals surface area contributed by atoms with Gasteiger partial charge in [-0.05, 0) is 31.2 Å². The van der Waals surface area contributed by atoms with Crippen molar-refractivity contribution in [3.63, 3.8) is 0 Å². The first kappa shape index (κ1) is 20.8. The number of methoxy groups -OCH3 is 1. The van der Waals surface area contributed by atoms with Gasteiger partial charge in [-0.1, -0.05) is 35.0 Å². The quantitative estimate of drug-likeness (QED) is 0.466. The largest absolute Gasteiger partial charge is 0.494 e. The number of hydrogen-bond acceptors (Lipinski definition) is 6. The summed E-state index contributed by atoms with van der Waals surface area (Å²) in [6.45, 7) is 2.00. The standard InChI is InChI=1S/C24H20N4O4/c1-15-5-7-16(8-6-15)20-13-22(32-28-20)24(30)26-18-9-10-19(21(12-18)31-2)27-23(29)17-4-3-11-25-14-17/h3-14H,1-2H3,(H,26,30)(H,27,29). The van der Waals surface area contributed by atoms with Crippen molar-refractivity contribution in [2.45, 2.75) is 6.92 Å². The molecule has 0 spiro atoms. The van der Waals surface area contributed by atoms with Gasteiger partial charge in [0.15, 0.2) is 0 Å². The number of rotatable bonds is 6. The van der Waals surface area contributed by atoms with Crippen molar-refractivity contribution in [2.24, 2.45) is 0 Å². The van der Waals surface area contributed by atoms with E-state index in [1.807, 2.05) is 31.2 Å². The molecule has 2 aromatic carbocycles. The summed E-state index contributed by atoms with van der Waals surface area (Å²) in [5.41, 5.74) is 3.90. The van der Waals surface area contributed by atoms with Crippen LogP contribution in [0, 0.1) is 6.92 Å². The lowest BCUT2D eigenvalue weighted by molar-refractivity contribution is 0.0986. The summed E-state index contributed by atoms with van der Waals surface area (Å²) in [6.07, 6.45) is 3.06. The highest BCUT2D eigenvalue weighted by molar-refractivity contribution is 6.06. The molecule has 8 heteroatoms. The van der Waals surface area contributed by atoms with E-state index in [0.29, 0.717) is 28.4 Å². The third-order valence-electron chi connectivity index (χ3n) is 4.71. The summed E-state index contributed by atoms with van der Waals surface area (Å²) >= 11 is 0. The van der Waals surface area contributed by atoms with Crippen LogP contribution in [0.15, 0.2) is 77.6 Å². The van der Waals surface area contributed by atoms with Crippen LogP contribution in [0.3, 0.4) is 0 Å². The summed E-state index contributed by atoms with van der Waals surface area (Å²) in [5, 5.41) is 9.49. The van der Waals surface area contributed by atoms with Gasteiger partial charge in [-0.15, -0.1) is 0 Å². The summed E-state index contributed by atoms with van der Waals surface area (Å²) in [7, 11) is 1.48. The van der Waals surface area contributed by atoms with Crippen LogP contribution in [0.4, 0.5) is 11.4 Å². The number of benzene rings is 2. The van der Waals surface area contributed by atoms with Gasteiger partial charge in [-0.3, -0.25) is 14.6 Å². The molecule has 0 aliphatic heterocycles. The smallest absolute Gasteiger partial charge is 0.294 e. The molecule has 0 saturated carbocycles. The minimum absolute atomic E-state index is 0.0773. The van der Waals surface area contributed by atoms with E-state index in [1.54, 1.807) is 42.6 Å². The van der Waals surface area contributed by atoms with Gasteiger partial charge < -0.3 is 19.9 Å². The number of carbonyl (C=O) groups is 2. The van der Waals surface area contributed by atoms with Crippen molar-refractivity contribution in [3.05, 3.63) is 89.9 Å². The van der Waals surface area contributed by atoms with Crippen LogP contribution in [-0.4, -0.2) is 29.1 Å². The zero-order valence-electron chi connectivity index (χ0n) is 17.5. The number of pyridine rings is 1. The van der Waals surface area contributed by atoms with E-state index in [4.69, 9.17) is 9.26 Å². The molecular formula is C24H20N4O4. The van der Waals surface area contributed by atoms with Crippen LogP contribution >= 0.6 is 0 Å². The minimum atomic E-state index is -0.454. The maximum absolute atomic E-state index is 12.6. The number of hydrogen-bond donors (Lipinski definition) is 2. The number of aromatic nitrogens is 2. The van der Waals surface area contributed by atoms with Gasteiger partial charge in [0.2, 0.25) is 5.76 Å². The predicted octanol–water partition coefficient (Wildman–Crippen LogP) is 4.56. The molecule has 0 unspecified atom stereocenters. The summed E-state index contributed by atoms with van der Waals surface area (Å²) in [6, 6.07) is 17.6. The Bertz CT molecular complexity index is 1250. The highest BCUT2D eigenvalue weighted by atomic mass is 16.5. The normalized spacial score (nSPS) is 10.4. The second-order valence-electron chi connectivity index (χ2n) is 7.01. The fraction of sp³-hybridized carbons (Fsp3) is 0.0833. The Morgan fingerprint density at radius 1 is 0.969 bits per heavy atom. The lowest BCUT2D eigenvalue weighted by Crippen LogP contribution is -2.14. The first-order chi connectivity index (χ1) is 15.5. The van der Waals surface area contributed by atoms with Crippen LogP contribution in [-0.2, 0) is 0 Å². The highest BCUT2D eigenvalue weighted by Gasteiger charge is 2.16. The van der Waals surface area contributed by atoms with Crippen molar-refractivity contribution in [1.82, 2.24) is 10.1 Å². The fourth-order valence-corrected chi connectivity index (χ4v) is 3.00. The molecule has 2 N–H and O–H groups in total. The Labute approximate surface area is 184 Å². The van der Waals surface area contributed by atoms with E-state index in [-0.39, 0.29) is 11.7 Å². The van der Waals surface area contributed by atoms with Crippen LogP contribution in [0.2, 0.25) is 0 Å². The Balaban J connectivity index is 1.47. The number of nitrogens with one attached hydrogen (secondary N) is 2. The fourth-order valence-electron chi connectivity index (χ4n) is 3.00. The maximum Gasteiger partial charge on any atom is 0.294 e. The third-order valence-corrected chi connectivity index (χ3v) is 4.71. The van der Waals surface area contributed by atoms with Crippen LogP contribution in [0.25, 0.3) is 11.3 Å². The molecule has 4 aromatic rings. The summed E-state index contributed by atoms with van der Waals surface area (Å²) in [5.74, 6) is -0.310. The molecule has 0 atom stereocenters. The van der Waals surface area contributed by atoms with E-state index >= 15 is 0 Å². The maximum atomic E-state index is 12.6. The van der Waals surface area contributed by atoms with Crippen LogP contribution < -0.4 is 15.4 Å². The van der Waals surface area contributed by atoms with Gasteiger partial charge in [0.05, 0.1) is 18.4 Å². The van der Waals surface area contributed by atoms with Crippen molar-refractivity contribution >= 4 is 23.2 Å². The molecule has 0 aliphatic carbocycles. The molecule has 0 aliphatic rings. The van der Waals surface area contributed by atoms with Gasteiger partial charge in [-0.25, -0.2) is 0 Å². The molecular weight excluding hydrogens is 408 g/mol. The van der Waals surface area contributed by atoms with Gasteiger partial charge in [0.25, 0.3) is 11.8 Å². The van der Waals surface area contributed by atoms with E-state index < -0.39 is 5.91 Å². The zero-order chi connectivity index (χ0) is 22.5. The van der Waals surface area contributed by atoms with E-state index in [1.165, 1.54) is 13.3 Å². The Morgan fingerprint density at radius 2 is 1.78 bits per heavy atom. The average molecular weight is 428 g/mol.